The summed E-state index contributed by atoms with van der Waals surface area (Å²) in [6.07, 6.45) is 4.02. The molecule has 3 atom stereocenters. The lowest BCUT2D eigenvalue weighted by Gasteiger charge is -2.36. The second-order valence-corrected chi connectivity index (χ2v) is 5.54. The standard InChI is InChI=1S/C12H26N2/c1-9(2)12(4,8-13)14-11-6-5-10(3)7-11/h9-11,14H,5-8,13H2,1-4H3. The Morgan fingerprint density at radius 2 is 2.07 bits per heavy atom. The predicted molar refractivity (Wildman–Crippen MR) is 62.2 cm³/mol. The molecule has 0 saturated heterocycles. The summed E-state index contributed by atoms with van der Waals surface area (Å²) in [5, 5.41) is 3.75. The molecule has 1 aliphatic rings. The van der Waals surface area contributed by atoms with Crippen molar-refractivity contribution >= 4 is 0 Å². The zero-order valence-corrected chi connectivity index (χ0v) is 10.1. The van der Waals surface area contributed by atoms with E-state index in [1.807, 2.05) is 0 Å². The van der Waals surface area contributed by atoms with E-state index in [-0.39, 0.29) is 5.54 Å². The van der Waals surface area contributed by atoms with Crippen LogP contribution < -0.4 is 11.1 Å². The van der Waals surface area contributed by atoms with E-state index in [4.69, 9.17) is 5.73 Å². The van der Waals surface area contributed by atoms with Gasteiger partial charge in [-0.25, -0.2) is 0 Å². The molecule has 1 saturated carbocycles. The first-order valence-electron chi connectivity index (χ1n) is 5.95. The summed E-state index contributed by atoms with van der Waals surface area (Å²) < 4.78 is 0. The van der Waals surface area contributed by atoms with Crippen molar-refractivity contribution in [3.05, 3.63) is 0 Å². The highest BCUT2D eigenvalue weighted by atomic mass is 15.0. The molecule has 0 aliphatic heterocycles. The maximum atomic E-state index is 5.86. The van der Waals surface area contributed by atoms with Gasteiger partial charge in [-0.2, -0.15) is 0 Å². The number of rotatable bonds is 4. The van der Waals surface area contributed by atoms with Gasteiger partial charge in [0.1, 0.15) is 0 Å². The number of hydrogen-bond acceptors (Lipinski definition) is 2. The second-order valence-electron chi connectivity index (χ2n) is 5.54. The van der Waals surface area contributed by atoms with Crippen LogP contribution in [0.2, 0.25) is 0 Å². The molecule has 1 aliphatic carbocycles. The summed E-state index contributed by atoms with van der Waals surface area (Å²) in [5.74, 6) is 1.49. The molecule has 0 aromatic rings. The fourth-order valence-electron chi connectivity index (χ4n) is 2.27. The van der Waals surface area contributed by atoms with E-state index >= 15 is 0 Å². The summed E-state index contributed by atoms with van der Waals surface area (Å²) in [5.41, 5.74) is 5.98. The molecule has 0 radical (unpaired) electrons. The van der Waals surface area contributed by atoms with Gasteiger partial charge in [-0.1, -0.05) is 20.8 Å². The largest absolute Gasteiger partial charge is 0.329 e. The van der Waals surface area contributed by atoms with Crippen LogP contribution in [0.25, 0.3) is 0 Å². The molecule has 3 N–H and O–H groups in total. The predicted octanol–water partition coefficient (Wildman–Crippen LogP) is 2.14. The van der Waals surface area contributed by atoms with Gasteiger partial charge in [-0.15, -0.1) is 0 Å². The molecule has 0 bridgehead atoms. The highest BCUT2D eigenvalue weighted by Gasteiger charge is 2.31. The molecule has 1 fully saturated rings. The minimum atomic E-state index is 0.120. The maximum Gasteiger partial charge on any atom is 0.0301 e. The first-order chi connectivity index (χ1) is 6.48. The van der Waals surface area contributed by atoms with E-state index in [0.717, 1.165) is 12.5 Å². The molecule has 1 rings (SSSR count). The maximum absolute atomic E-state index is 5.86. The van der Waals surface area contributed by atoms with E-state index in [1.165, 1.54) is 19.3 Å². The molecule has 2 heteroatoms. The van der Waals surface area contributed by atoms with Gasteiger partial charge in [0.2, 0.25) is 0 Å². The Labute approximate surface area is 88.6 Å². The lowest BCUT2D eigenvalue weighted by molar-refractivity contribution is 0.237. The summed E-state index contributed by atoms with van der Waals surface area (Å²) in [7, 11) is 0. The van der Waals surface area contributed by atoms with Crippen LogP contribution in [0.4, 0.5) is 0 Å². The molecule has 3 unspecified atom stereocenters. The first kappa shape index (κ1) is 12.0. The van der Waals surface area contributed by atoms with Crippen LogP contribution in [-0.2, 0) is 0 Å². The normalized spacial score (nSPS) is 32.1. The van der Waals surface area contributed by atoms with Crippen molar-refractivity contribution in [2.75, 3.05) is 6.54 Å². The van der Waals surface area contributed by atoms with Gasteiger partial charge in [0, 0.05) is 18.1 Å². The Kier molecular flexibility index (Phi) is 3.96. The summed E-state index contributed by atoms with van der Waals surface area (Å²) in [6.45, 7) is 9.82. The lowest BCUT2D eigenvalue weighted by atomic mass is 9.87. The van der Waals surface area contributed by atoms with Crippen molar-refractivity contribution in [3.8, 4) is 0 Å². The van der Waals surface area contributed by atoms with Crippen molar-refractivity contribution in [3.63, 3.8) is 0 Å². The molecule has 0 spiro atoms. The van der Waals surface area contributed by atoms with Crippen molar-refractivity contribution in [1.82, 2.24) is 5.32 Å². The molecule has 0 aromatic heterocycles. The molecular formula is C12H26N2. The van der Waals surface area contributed by atoms with Crippen LogP contribution in [0, 0.1) is 11.8 Å². The van der Waals surface area contributed by atoms with Crippen molar-refractivity contribution < 1.29 is 0 Å². The first-order valence-corrected chi connectivity index (χ1v) is 5.95. The van der Waals surface area contributed by atoms with Crippen LogP contribution >= 0.6 is 0 Å². The van der Waals surface area contributed by atoms with E-state index in [1.54, 1.807) is 0 Å². The van der Waals surface area contributed by atoms with E-state index < -0.39 is 0 Å². The third-order valence-electron chi connectivity index (χ3n) is 3.93. The minimum Gasteiger partial charge on any atom is -0.329 e. The number of nitrogens with one attached hydrogen (secondary N) is 1. The van der Waals surface area contributed by atoms with Crippen molar-refractivity contribution in [1.29, 1.82) is 0 Å². The summed E-state index contributed by atoms with van der Waals surface area (Å²) >= 11 is 0. The van der Waals surface area contributed by atoms with Crippen LogP contribution in [0.3, 0.4) is 0 Å². The monoisotopic (exact) mass is 198 g/mol. The van der Waals surface area contributed by atoms with Crippen LogP contribution in [0.15, 0.2) is 0 Å². The van der Waals surface area contributed by atoms with E-state index in [2.05, 4.69) is 33.0 Å². The Balaban J connectivity index is 2.48. The Morgan fingerprint density at radius 1 is 1.43 bits per heavy atom. The zero-order chi connectivity index (χ0) is 10.8. The fourth-order valence-corrected chi connectivity index (χ4v) is 2.27. The van der Waals surface area contributed by atoms with Crippen LogP contribution in [0.5, 0.6) is 0 Å². The average Bonchev–Trinajstić information content (AvgIpc) is 2.50. The van der Waals surface area contributed by atoms with Gasteiger partial charge >= 0.3 is 0 Å². The highest BCUT2D eigenvalue weighted by Crippen LogP contribution is 2.27. The SMILES string of the molecule is CC1CCC(NC(C)(CN)C(C)C)C1. The molecule has 84 valence electrons. The molecule has 0 aromatic carbocycles. The topological polar surface area (TPSA) is 38.0 Å². The molecule has 0 amide bonds. The van der Waals surface area contributed by atoms with Gasteiger partial charge in [0.15, 0.2) is 0 Å². The number of nitrogens with two attached hydrogens (primary N) is 1. The zero-order valence-electron chi connectivity index (χ0n) is 10.1. The van der Waals surface area contributed by atoms with Crippen LogP contribution in [0.1, 0.15) is 47.0 Å². The average molecular weight is 198 g/mol. The molecular weight excluding hydrogens is 172 g/mol. The smallest absolute Gasteiger partial charge is 0.0301 e. The van der Waals surface area contributed by atoms with E-state index in [0.29, 0.717) is 12.0 Å². The fraction of sp³-hybridized carbons (Fsp3) is 1.00. The summed E-state index contributed by atoms with van der Waals surface area (Å²) in [4.78, 5) is 0. The Bertz CT molecular complexity index is 179. The van der Waals surface area contributed by atoms with Gasteiger partial charge in [0.05, 0.1) is 0 Å². The van der Waals surface area contributed by atoms with Gasteiger partial charge in [0.25, 0.3) is 0 Å². The molecule has 14 heavy (non-hydrogen) atoms. The third-order valence-corrected chi connectivity index (χ3v) is 3.93. The van der Waals surface area contributed by atoms with Gasteiger partial charge < -0.3 is 11.1 Å². The molecule has 2 nitrogen and oxygen atoms in total. The Hall–Kier alpha value is -0.0800. The molecule has 0 heterocycles. The second kappa shape index (κ2) is 4.63. The lowest BCUT2D eigenvalue weighted by Crippen LogP contribution is -2.55. The van der Waals surface area contributed by atoms with E-state index in [9.17, 15) is 0 Å². The third kappa shape index (κ3) is 2.71. The van der Waals surface area contributed by atoms with Crippen LogP contribution in [-0.4, -0.2) is 18.1 Å². The Morgan fingerprint density at radius 3 is 2.43 bits per heavy atom. The van der Waals surface area contributed by atoms with Gasteiger partial charge in [-0.05, 0) is 38.0 Å². The van der Waals surface area contributed by atoms with Gasteiger partial charge in [-0.3, -0.25) is 0 Å². The van der Waals surface area contributed by atoms with Crippen molar-refractivity contribution in [2.24, 2.45) is 17.6 Å². The minimum absolute atomic E-state index is 0.120. The highest BCUT2D eigenvalue weighted by molar-refractivity contribution is 4.92. The summed E-state index contributed by atoms with van der Waals surface area (Å²) in [6, 6.07) is 0.695. The quantitative estimate of drug-likeness (QED) is 0.726. The van der Waals surface area contributed by atoms with Crippen molar-refractivity contribution in [2.45, 2.75) is 58.5 Å². The number of hydrogen-bond donors (Lipinski definition) is 2.